The predicted octanol–water partition coefficient (Wildman–Crippen LogP) is 0.777. The van der Waals surface area contributed by atoms with Crippen LogP contribution in [-0.4, -0.2) is 67.7 Å². The summed E-state index contributed by atoms with van der Waals surface area (Å²) in [6.45, 7) is 7.27. The molecule has 2 N–H and O–H groups in total. The molecule has 3 amide bonds. The molecule has 0 bridgehead atoms. The van der Waals surface area contributed by atoms with Crippen LogP contribution in [0.5, 0.6) is 0 Å². The zero-order valence-electron chi connectivity index (χ0n) is 15.0. The Kier molecular flexibility index (Phi) is 4.65. The number of hydrogen-bond donors (Lipinski definition) is 2. The van der Waals surface area contributed by atoms with Gasteiger partial charge in [0.15, 0.2) is 0 Å². The van der Waals surface area contributed by atoms with Crippen molar-refractivity contribution in [3.63, 3.8) is 0 Å². The van der Waals surface area contributed by atoms with Gasteiger partial charge in [0, 0.05) is 26.2 Å². The SMILES string of the molecule is Cc1ccc(C2NC(=O)NC3=C2C(=O)N(CCN2CCOCC2)C3)cc1. The van der Waals surface area contributed by atoms with Gasteiger partial charge in [-0.3, -0.25) is 9.69 Å². The molecule has 1 unspecified atom stereocenters. The van der Waals surface area contributed by atoms with Gasteiger partial charge in [-0.2, -0.15) is 0 Å². The van der Waals surface area contributed by atoms with E-state index >= 15 is 0 Å². The predicted molar refractivity (Wildman–Crippen MR) is 96.5 cm³/mol. The van der Waals surface area contributed by atoms with E-state index in [4.69, 9.17) is 4.74 Å². The zero-order chi connectivity index (χ0) is 18.1. The van der Waals surface area contributed by atoms with Crippen molar-refractivity contribution in [1.29, 1.82) is 0 Å². The highest BCUT2D eigenvalue weighted by Gasteiger charge is 2.40. The van der Waals surface area contributed by atoms with Crippen LogP contribution in [0.3, 0.4) is 0 Å². The number of rotatable bonds is 4. The Morgan fingerprint density at radius 3 is 2.58 bits per heavy atom. The lowest BCUT2D eigenvalue weighted by molar-refractivity contribution is -0.126. The van der Waals surface area contributed by atoms with Crippen LogP contribution in [0.1, 0.15) is 17.2 Å². The molecule has 7 nitrogen and oxygen atoms in total. The smallest absolute Gasteiger partial charge is 0.319 e. The fraction of sp³-hybridized carbons (Fsp3) is 0.474. The number of ether oxygens (including phenoxy) is 1. The summed E-state index contributed by atoms with van der Waals surface area (Å²) in [6.07, 6.45) is 0. The number of amides is 3. The summed E-state index contributed by atoms with van der Waals surface area (Å²) in [5.41, 5.74) is 3.47. The third kappa shape index (κ3) is 3.32. The molecule has 3 aliphatic rings. The fourth-order valence-electron chi connectivity index (χ4n) is 3.70. The first-order valence-corrected chi connectivity index (χ1v) is 9.08. The third-order valence-corrected chi connectivity index (χ3v) is 5.22. The van der Waals surface area contributed by atoms with E-state index in [-0.39, 0.29) is 18.0 Å². The van der Waals surface area contributed by atoms with E-state index in [1.165, 1.54) is 0 Å². The average molecular weight is 356 g/mol. The van der Waals surface area contributed by atoms with Crippen LogP contribution in [0.15, 0.2) is 35.5 Å². The first-order valence-electron chi connectivity index (χ1n) is 9.08. The fourth-order valence-corrected chi connectivity index (χ4v) is 3.70. The summed E-state index contributed by atoms with van der Waals surface area (Å²) in [6, 6.07) is 7.30. The van der Waals surface area contributed by atoms with Gasteiger partial charge >= 0.3 is 6.03 Å². The number of benzene rings is 1. The van der Waals surface area contributed by atoms with Crippen molar-refractivity contribution in [2.75, 3.05) is 45.9 Å². The van der Waals surface area contributed by atoms with Gasteiger partial charge in [-0.15, -0.1) is 0 Å². The summed E-state index contributed by atoms with van der Waals surface area (Å²) < 4.78 is 5.37. The number of nitrogens with one attached hydrogen (secondary N) is 2. The Morgan fingerprint density at radius 2 is 1.85 bits per heavy atom. The lowest BCUT2D eigenvalue weighted by Gasteiger charge is -2.28. The van der Waals surface area contributed by atoms with E-state index in [2.05, 4.69) is 15.5 Å². The minimum atomic E-state index is -0.389. The highest BCUT2D eigenvalue weighted by molar-refractivity contribution is 6.01. The molecule has 0 aromatic heterocycles. The summed E-state index contributed by atoms with van der Waals surface area (Å²) >= 11 is 0. The van der Waals surface area contributed by atoms with Gasteiger partial charge in [0.05, 0.1) is 37.1 Å². The van der Waals surface area contributed by atoms with E-state index in [1.807, 2.05) is 36.1 Å². The normalized spacial score (nSPS) is 23.7. The molecule has 0 saturated carbocycles. The number of aryl methyl sites for hydroxylation is 1. The summed E-state index contributed by atoms with van der Waals surface area (Å²) in [4.78, 5) is 29.2. The Bertz CT molecular complexity index is 738. The molecule has 1 atom stereocenters. The van der Waals surface area contributed by atoms with Crippen molar-refractivity contribution >= 4 is 11.9 Å². The van der Waals surface area contributed by atoms with E-state index in [9.17, 15) is 9.59 Å². The largest absolute Gasteiger partial charge is 0.379 e. The Balaban J connectivity index is 1.49. The summed E-state index contributed by atoms with van der Waals surface area (Å²) in [5.74, 6) is 0.00587. The van der Waals surface area contributed by atoms with Gasteiger partial charge < -0.3 is 20.3 Å². The van der Waals surface area contributed by atoms with Crippen molar-refractivity contribution in [3.05, 3.63) is 46.7 Å². The molecule has 0 radical (unpaired) electrons. The molecule has 26 heavy (non-hydrogen) atoms. The molecule has 1 saturated heterocycles. The monoisotopic (exact) mass is 356 g/mol. The second kappa shape index (κ2) is 7.09. The zero-order valence-corrected chi connectivity index (χ0v) is 15.0. The Labute approximate surface area is 153 Å². The van der Waals surface area contributed by atoms with E-state index in [0.29, 0.717) is 18.7 Å². The number of nitrogens with zero attached hydrogens (tertiary/aromatic N) is 2. The maximum Gasteiger partial charge on any atom is 0.319 e. The molecular formula is C19H24N4O3. The maximum absolute atomic E-state index is 13.0. The van der Waals surface area contributed by atoms with Gasteiger partial charge in [0.2, 0.25) is 0 Å². The van der Waals surface area contributed by atoms with Crippen molar-refractivity contribution in [2.45, 2.75) is 13.0 Å². The van der Waals surface area contributed by atoms with Crippen LogP contribution in [-0.2, 0) is 9.53 Å². The van der Waals surface area contributed by atoms with Gasteiger partial charge in [-0.05, 0) is 12.5 Å². The second-order valence-electron chi connectivity index (χ2n) is 7.02. The van der Waals surface area contributed by atoms with Crippen LogP contribution in [0, 0.1) is 6.92 Å². The van der Waals surface area contributed by atoms with Crippen LogP contribution in [0.2, 0.25) is 0 Å². The van der Waals surface area contributed by atoms with Crippen molar-refractivity contribution in [1.82, 2.24) is 20.4 Å². The van der Waals surface area contributed by atoms with Crippen molar-refractivity contribution < 1.29 is 14.3 Å². The third-order valence-electron chi connectivity index (χ3n) is 5.22. The highest BCUT2D eigenvalue weighted by atomic mass is 16.5. The van der Waals surface area contributed by atoms with Crippen LogP contribution < -0.4 is 10.6 Å². The molecule has 3 heterocycles. The second-order valence-corrected chi connectivity index (χ2v) is 7.02. The minimum Gasteiger partial charge on any atom is -0.379 e. The molecule has 3 aliphatic heterocycles. The van der Waals surface area contributed by atoms with E-state index in [0.717, 1.165) is 49.7 Å². The van der Waals surface area contributed by atoms with E-state index < -0.39 is 0 Å². The molecule has 1 aromatic carbocycles. The number of hydrogen-bond acceptors (Lipinski definition) is 4. The molecule has 138 valence electrons. The van der Waals surface area contributed by atoms with E-state index in [1.54, 1.807) is 0 Å². The Morgan fingerprint density at radius 1 is 1.12 bits per heavy atom. The molecule has 7 heteroatoms. The first-order chi connectivity index (χ1) is 12.6. The number of carbonyl (C=O) groups is 2. The number of morpholine rings is 1. The van der Waals surface area contributed by atoms with Gasteiger partial charge in [-0.1, -0.05) is 29.8 Å². The van der Waals surface area contributed by atoms with Crippen LogP contribution in [0.4, 0.5) is 4.79 Å². The molecule has 0 aliphatic carbocycles. The molecule has 0 spiro atoms. The summed E-state index contributed by atoms with van der Waals surface area (Å²) in [5, 5.41) is 5.72. The average Bonchev–Trinajstić information content (AvgIpc) is 2.96. The standard InChI is InChI=1S/C19H24N4O3/c1-13-2-4-14(5-3-13)17-16-15(20-19(25)21-17)12-23(18(16)24)7-6-22-8-10-26-11-9-22/h2-5,17H,6-12H2,1H3,(H2,20,21,25). The molecule has 1 fully saturated rings. The molecule has 1 aromatic rings. The van der Waals surface area contributed by atoms with Crippen molar-refractivity contribution in [3.8, 4) is 0 Å². The van der Waals surface area contributed by atoms with Gasteiger partial charge in [-0.25, -0.2) is 4.79 Å². The lowest BCUT2D eigenvalue weighted by Crippen LogP contribution is -2.44. The molecular weight excluding hydrogens is 332 g/mol. The lowest BCUT2D eigenvalue weighted by atomic mass is 9.95. The van der Waals surface area contributed by atoms with Crippen LogP contribution >= 0.6 is 0 Å². The van der Waals surface area contributed by atoms with Crippen LogP contribution in [0.25, 0.3) is 0 Å². The number of urea groups is 1. The first kappa shape index (κ1) is 17.1. The van der Waals surface area contributed by atoms with Crippen molar-refractivity contribution in [2.24, 2.45) is 0 Å². The maximum atomic E-state index is 13.0. The van der Waals surface area contributed by atoms with Gasteiger partial charge in [0.25, 0.3) is 5.91 Å². The Hall–Kier alpha value is -2.38. The topological polar surface area (TPSA) is 73.9 Å². The minimum absolute atomic E-state index is 0.00587. The quantitative estimate of drug-likeness (QED) is 0.836. The summed E-state index contributed by atoms with van der Waals surface area (Å²) in [7, 11) is 0. The highest BCUT2D eigenvalue weighted by Crippen LogP contribution is 2.32. The van der Waals surface area contributed by atoms with Gasteiger partial charge in [0.1, 0.15) is 0 Å². The number of carbonyl (C=O) groups excluding carboxylic acids is 2. The molecule has 4 rings (SSSR count).